The van der Waals surface area contributed by atoms with Crippen molar-refractivity contribution in [2.24, 2.45) is 23.7 Å². The molecule has 1 fully saturated rings. The summed E-state index contributed by atoms with van der Waals surface area (Å²) >= 11 is 1.04. The van der Waals surface area contributed by atoms with Crippen LogP contribution >= 0.6 is 19.3 Å². The molecule has 0 aromatic carbocycles. The Labute approximate surface area is 155 Å². The fourth-order valence-electron chi connectivity index (χ4n) is 2.66. The zero-order valence-corrected chi connectivity index (χ0v) is 17.4. The quantitative estimate of drug-likeness (QED) is 0.312. The van der Waals surface area contributed by atoms with Gasteiger partial charge in [-0.3, -0.25) is 4.79 Å². The van der Waals surface area contributed by atoms with E-state index >= 15 is 0 Å². The number of carbonyl (C=O) groups excluding carboxylic acids is 1. The maximum Gasteiger partial charge on any atom is 0.137 e. The molecule has 2 radical (unpaired) electrons. The van der Waals surface area contributed by atoms with Gasteiger partial charge < -0.3 is 9.29 Å². The van der Waals surface area contributed by atoms with Crippen LogP contribution in [0, 0.1) is 67.7 Å². The number of aliphatic hydroxyl groups is 1. The summed E-state index contributed by atoms with van der Waals surface area (Å²) < 4.78 is 19.8. The first kappa shape index (κ1) is 16.3. The molecule has 1 unspecified atom stereocenters. The molecule has 5 atom stereocenters. The van der Waals surface area contributed by atoms with Gasteiger partial charge in [-0.2, -0.15) is 0 Å². The van der Waals surface area contributed by atoms with Crippen molar-refractivity contribution in [1.29, 1.82) is 2.61 Å². The van der Waals surface area contributed by atoms with Crippen LogP contribution in [-0.2, 0) is 8.98 Å². The summed E-state index contributed by atoms with van der Waals surface area (Å²) in [5.41, 5.74) is 0. The molecule has 1 rings (SSSR count). The Morgan fingerprint density at radius 1 is 1.83 bits per heavy atom. The predicted molar refractivity (Wildman–Crippen MR) is 75.6 cm³/mol. The number of carbonyl (C=O) groups is 1. The van der Waals surface area contributed by atoms with Gasteiger partial charge >= 0.3 is 0 Å². The Morgan fingerprint density at radius 3 is 3.11 bits per heavy atom. The topological polar surface area (TPSA) is 46.5 Å². The minimum absolute atomic E-state index is 0. The van der Waals surface area contributed by atoms with Crippen LogP contribution in [0.15, 0.2) is 0 Å². The van der Waals surface area contributed by atoms with Gasteiger partial charge in [-0.15, -0.1) is 0 Å². The van der Waals surface area contributed by atoms with E-state index in [9.17, 15) is 9.90 Å². The van der Waals surface area contributed by atoms with Crippen molar-refractivity contribution in [2.45, 2.75) is 26.7 Å². The van der Waals surface area contributed by atoms with Crippen molar-refractivity contribution in [3.63, 3.8) is 0 Å². The molecule has 1 aliphatic rings. The van der Waals surface area contributed by atoms with Crippen LogP contribution in [-0.4, -0.2) is 34.2 Å². The van der Waals surface area contributed by atoms with E-state index in [1.807, 2.05) is 6.92 Å². The number of hydrogen-bond donors (Lipinski definition) is 1. The van der Waals surface area contributed by atoms with Crippen LogP contribution in [0.5, 0.6) is 0 Å². The molecule has 0 aromatic heterocycles. The van der Waals surface area contributed by atoms with Crippen LogP contribution < -0.4 is 0 Å². The molecule has 0 aliphatic heterocycles. The third-order valence-corrected chi connectivity index (χ3v) is 4.62. The molecule has 18 heavy (non-hydrogen) atoms. The number of aliphatic hydroxyl groups excluding tert-OH is 1. The van der Waals surface area contributed by atoms with Gasteiger partial charge in [0.2, 0.25) is 0 Å². The first-order chi connectivity index (χ1) is 8.99. The summed E-state index contributed by atoms with van der Waals surface area (Å²) in [6.45, 7) is 4.25. The molecule has 0 saturated heterocycles. The average Bonchev–Trinajstić information content (AvgIpc) is 2.82. The Balaban J connectivity index is 0.00000361. The standard InChI is InChI=1S/C11H21BO3PS.Ac/c1-7(5-13)11-4-9(8(2)14)3-10(11)6-15-17-16-12;/h7,9-13,16H,3-6H2,1-2H3;/t7-,9-,10-,11-,16?;/m0./s1/i12T,16D;. The number of rotatable bonds is 8. The van der Waals surface area contributed by atoms with Crippen molar-refractivity contribution in [1.82, 2.24) is 0 Å². The van der Waals surface area contributed by atoms with Crippen LogP contribution in [0.25, 0.3) is 0 Å². The third-order valence-electron chi connectivity index (χ3n) is 3.72. The molecule has 0 aromatic rings. The first-order valence-electron chi connectivity index (χ1n) is 6.92. The van der Waals surface area contributed by atoms with Crippen molar-refractivity contribution in [3.05, 3.63) is 0 Å². The minimum atomic E-state index is -1.29. The third kappa shape index (κ3) is 6.11. The van der Waals surface area contributed by atoms with E-state index in [-0.39, 0.29) is 74.2 Å². The zero-order valence-electron chi connectivity index (χ0n) is 12.9. The van der Waals surface area contributed by atoms with Gasteiger partial charge in [-0.25, -0.2) is 0 Å². The second kappa shape index (κ2) is 10.6. The van der Waals surface area contributed by atoms with Gasteiger partial charge in [0.25, 0.3) is 0 Å². The van der Waals surface area contributed by atoms with Crippen molar-refractivity contribution < 1.29 is 58.1 Å². The Bertz CT molecular complexity index is 307. The summed E-state index contributed by atoms with van der Waals surface area (Å²) in [7, 11) is -0.201. The maximum atomic E-state index is 11.5. The van der Waals surface area contributed by atoms with E-state index in [2.05, 4.69) is 0 Å². The number of ketones is 1. The minimum Gasteiger partial charge on any atom is -0.396 e. The van der Waals surface area contributed by atoms with Gasteiger partial charge in [0, 0.05) is 68.2 Å². The second-order valence-electron chi connectivity index (χ2n) is 4.83. The smallest absolute Gasteiger partial charge is 0.137 e. The van der Waals surface area contributed by atoms with Crippen molar-refractivity contribution in [2.75, 3.05) is 13.2 Å². The van der Waals surface area contributed by atoms with Crippen molar-refractivity contribution >= 4 is 32.6 Å². The molecule has 1 N–H and O–H groups in total. The molecular weight excluding hydrogens is 481 g/mol. The molecule has 100 valence electrons. The van der Waals surface area contributed by atoms with Gasteiger partial charge in [0.15, 0.2) is 0 Å². The Hall–Kier alpha value is 1.88. The Kier molecular flexibility index (Phi) is 9.55. The van der Waals surface area contributed by atoms with Crippen LogP contribution in [0.1, 0.15) is 26.7 Å². The fraction of sp³-hybridized carbons (Fsp3) is 0.909. The van der Waals surface area contributed by atoms with Crippen LogP contribution in [0.3, 0.4) is 0 Å². The largest absolute Gasteiger partial charge is 0.396 e. The number of Topliss-reactive ketones (excluding diaryl/α,β-unsaturated/α-hetero) is 1. The summed E-state index contributed by atoms with van der Waals surface area (Å²) in [6, 6.07) is 0. The molecule has 1 aliphatic carbocycles. The second-order valence-corrected chi connectivity index (χ2v) is 6.50. The van der Waals surface area contributed by atoms with Gasteiger partial charge in [-0.1, -0.05) is 14.5 Å². The van der Waals surface area contributed by atoms with Crippen LogP contribution in [0.4, 0.5) is 0 Å². The van der Waals surface area contributed by atoms with E-state index in [0.29, 0.717) is 12.5 Å². The summed E-state index contributed by atoms with van der Waals surface area (Å²) in [4.78, 5) is 11.5. The van der Waals surface area contributed by atoms with E-state index in [4.69, 9.17) is 6.80 Å². The molecular formula is C11H21AcBO3PS. The molecule has 3 nitrogen and oxygen atoms in total. The van der Waals surface area contributed by atoms with Gasteiger partial charge in [0.05, 0.1) is 7.89 Å². The monoisotopic (exact) mass is 505 g/mol. The number of hydrogen-bond acceptors (Lipinski definition) is 4. The fourth-order valence-corrected chi connectivity index (χ4v) is 3.32. The van der Waals surface area contributed by atoms with Crippen LogP contribution in [0.2, 0.25) is 0 Å². The predicted octanol–water partition coefficient (Wildman–Crippen LogP) is 1.92. The van der Waals surface area contributed by atoms with Gasteiger partial charge in [0.1, 0.15) is 13.3 Å². The summed E-state index contributed by atoms with van der Waals surface area (Å²) in [5.74, 6) is 1.03. The average molecular weight is 505 g/mol. The first-order valence-corrected chi connectivity index (χ1v) is 8.21. The molecule has 0 spiro atoms. The van der Waals surface area contributed by atoms with Crippen molar-refractivity contribution in [3.8, 4) is 0 Å². The molecule has 0 heterocycles. The zero-order chi connectivity index (χ0) is 14.4. The van der Waals surface area contributed by atoms with E-state index < -0.39 is 7.61 Å². The van der Waals surface area contributed by atoms with E-state index in [1.54, 1.807) is 6.92 Å². The molecule has 7 heteroatoms. The SMILES string of the molecule is [2H]P([B][3H])SOC[C@@H]1C[C@H](C(C)=O)C[C@H]1[C@@H](C)CO.[Ac]. The maximum absolute atomic E-state index is 11.5. The normalized spacial score (nSPS) is 31.8. The summed E-state index contributed by atoms with van der Waals surface area (Å²) in [6.07, 6.45) is 1.64. The molecule has 1 saturated carbocycles. The molecule has 0 amide bonds. The molecule has 0 bridgehead atoms. The van der Waals surface area contributed by atoms with E-state index in [0.717, 1.165) is 32.0 Å². The van der Waals surface area contributed by atoms with E-state index in [1.165, 1.54) is 0 Å². The van der Waals surface area contributed by atoms with Gasteiger partial charge in [-0.05, 0) is 38.9 Å². The Morgan fingerprint density at radius 2 is 2.56 bits per heavy atom. The summed E-state index contributed by atoms with van der Waals surface area (Å²) in [5, 5.41) is 9.30.